The maximum absolute atomic E-state index is 5.74. The Bertz CT molecular complexity index is 151. The van der Waals surface area contributed by atoms with Crippen molar-refractivity contribution in [2.75, 3.05) is 0 Å². The molecule has 0 aromatic carbocycles. The molecule has 0 bridgehead atoms. The summed E-state index contributed by atoms with van der Waals surface area (Å²) < 4.78 is 0. The normalized spacial score (nSPS) is 13.9. The van der Waals surface area contributed by atoms with Crippen molar-refractivity contribution in [3.05, 3.63) is 0 Å². The van der Waals surface area contributed by atoms with E-state index in [1.165, 1.54) is 6.42 Å². The average molecular weight is 167 g/mol. The molecule has 1 heteroatoms. The van der Waals surface area contributed by atoms with Gasteiger partial charge in [0.05, 0.1) is 0 Å². The van der Waals surface area contributed by atoms with E-state index in [1.54, 1.807) is 0 Å². The van der Waals surface area contributed by atoms with Crippen molar-refractivity contribution in [2.45, 2.75) is 52.5 Å². The summed E-state index contributed by atoms with van der Waals surface area (Å²) in [6.07, 6.45) is 9.46. The Morgan fingerprint density at radius 2 is 2.08 bits per heavy atom. The Kier molecular flexibility index (Phi) is 5.01. The van der Waals surface area contributed by atoms with Gasteiger partial charge < -0.3 is 5.73 Å². The second kappa shape index (κ2) is 5.22. The molecule has 0 radical (unpaired) electrons. The Hall–Kier alpha value is -0.480. The van der Waals surface area contributed by atoms with Crippen LogP contribution in [-0.2, 0) is 0 Å². The second-order valence-corrected chi connectivity index (χ2v) is 4.40. The van der Waals surface area contributed by atoms with Gasteiger partial charge >= 0.3 is 0 Å². The number of terminal acetylenes is 1. The highest BCUT2D eigenvalue weighted by Crippen LogP contribution is 2.28. The molecule has 2 N–H and O–H groups in total. The summed E-state index contributed by atoms with van der Waals surface area (Å²) >= 11 is 0. The SMILES string of the molecule is C#CCCCC(C)(C)CC(C)N. The van der Waals surface area contributed by atoms with Crippen molar-refractivity contribution in [3.8, 4) is 12.3 Å². The molecule has 1 nitrogen and oxygen atoms in total. The predicted molar refractivity (Wildman–Crippen MR) is 54.7 cm³/mol. The summed E-state index contributed by atoms with van der Waals surface area (Å²) in [6.45, 7) is 6.57. The number of unbranched alkanes of at least 4 members (excludes halogenated alkanes) is 1. The first-order valence-corrected chi connectivity index (χ1v) is 4.67. The molecule has 0 aromatic rings. The molecule has 0 fully saturated rings. The third kappa shape index (κ3) is 6.24. The van der Waals surface area contributed by atoms with Crippen LogP contribution in [0.4, 0.5) is 0 Å². The van der Waals surface area contributed by atoms with Gasteiger partial charge in [-0.05, 0) is 31.6 Å². The molecule has 0 aliphatic carbocycles. The quantitative estimate of drug-likeness (QED) is 0.494. The van der Waals surface area contributed by atoms with Crippen LogP contribution >= 0.6 is 0 Å². The van der Waals surface area contributed by atoms with E-state index in [2.05, 4.69) is 26.7 Å². The molecular formula is C11H21N. The van der Waals surface area contributed by atoms with Gasteiger partial charge in [0.25, 0.3) is 0 Å². The van der Waals surface area contributed by atoms with Gasteiger partial charge in [-0.2, -0.15) is 0 Å². The number of nitrogens with two attached hydrogens (primary N) is 1. The van der Waals surface area contributed by atoms with Gasteiger partial charge in [-0.1, -0.05) is 13.8 Å². The van der Waals surface area contributed by atoms with Crippen molar-refractivity contribution >= 4 is 0 Å². The lowest BCUT2D eigenvalue weighted by atomic mass is 9.82. The highest BCUT2D eigenvalue weighted by Gasteiger charge is 2.18. The maximum Gasteiger partial charge on any atom is 0.00862 e. The van der Waals surface area contributed by atoms with Crippen molar-refractivity contribution in [1.29, 1.82) is 0 Å². The van der Waals surface area contributed by atoms with E-state index >= 15 is 0 Å². The first-order valence-electron chi connectivity index (χ1n) is 4.67. The molecule has 0 aromatic heterocycles. The minimum Gasteiger partial charge on any atom is -0.328 e. The zero-order valence-corrected chi connectivity index (χ0v) is 8.56. The van der Waals surface area contributed by atoms with Crippen molar-refractivity contribution in [1.82, 2.24) is 0 Å². The molecule has 0 saturated carbocycles. The van der Waals surface area contributed by atoms with Crippen LogP contribution in [0, 0.1) is 17.8 Å². The fourth-order valence-corrected chi connectivity index (χ4v) is 1.64. The minimum atomic E-state index is 0.297. The summed E-state index contributed by atoms with van der Waals surface area (Å²) in [5, 5.41) is 0. The van der Waals surface area contributed by atoms with Gasteiger partial charge in [0.1, 0.15) is 0 Å². The molecule has 0 amide bonds. The molecule has 70 valence electrons. The van der Waals surface area contributed by atoms with E-state index < -0.39 is 0 Å². The number of hydrogen-bond acceptors (Lipinski definition) is 1. The lowest BCUT2D eigenvalue weighted by Crippen LogP contribution is -2.24. The topological polar surface area (TPSA) is 26.0 Å². The molecule has 12 heavy (non-hydrogen) atoms. The van der Waals surface area contributed by atoms with Crippen molar-refractivity contribution < 1.29 is 0 Å². The van der Waals surface area contributed by atoms with Gasteiger partial charge in [0.15, 0.2) is 0 Å². The standard InChI is InChI=1S/C11H21N/c1-5-6-7-8-11(3,4)9-10(2)12/h1,10H,6-9,12H2,2-4H3. The van der Waals surface area contributed by atoms with Gasteiger partial charge in [0.2, 0.25) is 0 Å². The van der Waals surface area contributed by atoms with Crippen LogP contribution < -0.4 is 5.73 Å². The summed E-state index contributed by atoms with van der Waals surface area (Å²) in [5.74, 6) is 2.66. The summed E-state index contributed by atoms with van der Waals surface area (Å²) in [7, 11) is 0. The van der Waals surface area contributed by atoms with E-state index in [4.69, 9.17) is 12.2 Å². The summed E-state index contributed by atoms with van der Waals surface area (Å²) in [4.78, 5) is 0. The largest absolute Gasteiger partial charge is 0.328 e. The highest BCUT2D eigenvalue weighted by molar-refractivity contribution is 4.84. The third-order valence-corrected chi connectivity index (χ3v) is 2.05. The van der Waals surface area contributed by atoms with E-state index in [9.17, 15) is 0 Å². The zero-order valence-electron chi connectivity index (χ0n) is 8.56. The molecule has 0 saturated heterocycles. The molecule has 0 aliphatic rings. The van der Waals surface area contributed by atoms with Gasteiger partial charge in [-0.3, -0.25) is 0 Å². The Morgan fingerprint density at radius 1 is 1.50 bits per heavy atom. The maximum atomic E-state index is 5.74. The molecule has 0 spiro atoms. The first-order chi connectivity index (χ1) is 5.48. The van der Waals surface area contributed by atoms with E-state index in [-0.39, 0.29) is 0 Å². The zero-order chi connectivity index (χ0) is 9.61. The second-order valence-electron chi connectivity index (χ2n) is 4.40. The molecule has 0 heterocycles. The van der Waals surface area contributed by atoms with Crippen molar-refractivity contribution in [3.63, 3.8) is 0 Å². The third-order valence-electron chi connectivity index (χ3n) is 2.05. The molecule has 0 rings (SSSR count). The lowest BCUT2D eigenvalue weighted by molar-refractivity contribution is 0.281. The van der Waals surface area contributed by atoms with Gasteiger partial charge in [-0.25, -0.2) is 0 Å². The van der Waals surface area contributed by atoms with Crippen LogP contribution in [0.2, 0.25) is 0 Å². The molecular weight excluding hydrogens is 146 g/mol. The predicted octanol–water partition coefficient (Wildman–Crippen LogP) is 2.55. The lowest BCUT2D eigenvalue weighted by Gasteiger charge is -2.26. The van der Waals surface area contributed by atoms with Crippen LogP contribution in [0.3, 0.4) is 0 Å². The average Bonchev–Trinajstić information content (AvgIpc) is 1.84. The van der Waals surface area contributed by atoms with Crippen LogP contribution in [-0.4, -0.2) is 6.04 Å². The van der Waals surface area contributed by atoms with E-state index in [0.29, 0.717) is 11.5 Å². The smallest absolute Gasteiger partial charge is 0.00862 e. The first kappa shape index (κ1) is 11.5. The molecule has 1 atom stereocenters. The minimum absolute atomic E-state index is 0.297. The monoisotopic (exact) mass is 167 g/mol. The van der Waals surface area contributed by atoms with Crippen LogP contribution in [0.1, 0.15) is 46.5 Å². The fraction of sp³-hybridized carbons (Fsp3) is 0.818. The van der Waals surface area contributed by atoms with Gasteiger partial charge in [-0.15, -0.1) is 12.3 Å². The highest BCUT2D eigenvalue weighted by atomic mass is 14.6. The molecule has 1 unspecified atom stereocenters. The van der Waals surface area contributed by atoms with Crippen LogP contribution in [0.25, 0.3) is 0 Å². The van der Waals surface area contributed by atoms with Crippen molar-refractivity contribution in [2.24, 2.45) is 11.1 Å². The van der Waals surface area contributed by atoms with E-state index in [0.717, 1.165) is 19.3 Å². The fourth-order valence-electron chi connectivity index (χ4n) is 1.64. The molecule has 0 aliphatic heterocycles. The Morgan fingerprint density at radius 3 is 2.50 bits per heavy atom. The summed E-state index contributed by atoms with van der Waals surface area (Å²) in [6, 6.07) is 0.297. The van der Waals surface area contributed by atoms with Crippen LogP contribution in [0.5, 0.6) is 0 Å². The van der Waals surface area contributed by atoms with Gasteiger partial charge in [0, 0.05) is 12.5 Å². The Labute approximate surface area is 76.7 Å². The summed E-state index contributed by atoms with van der Waals surface area (Å²) in [5.41, 5.74) is 6.09. The van der Waals surface area contributed by atoms with Crippen LogP contribution in [0.15, 0.2) is 0 Å². The number of rotatable bonds is 5. The van der Waals surface area contributed by atoms with E-state index in [1.807, 2.05) is 0 Å². The number of hydrogen-bond donors (Lipinski definition) is 1. The Balaban J connectivity index is 3.65.